The number of hydrogen-bond donors (Lipinski definition) is 2. The van der Waals surface area contributed by atoms with Crippen molar-refractivity contribution in [2.24, 2.45) is 4.99 Å². The Kier molecular flexibility index (Phi) is 8.93. The van der Waals surface area contributed by atoms with Gasteiger partial charge in [0.25, 0.3) is 0 Å². The summed E-state index contributed by atoms with van der Waals surface area (Å²) in [6, 6.07) is 12.3. The van der Waals surface area contributed by atoms with Crippen LogP contribution in [-0.2, 0) is 6.54 Å². The van der Waals surface area contributed by atoms with Gasteiger partial charge in [0.15, 0.2) is 5.96 Å². The molecule has 0 radical (unpaired) electrons. The van der Waals surface area contributed by atoms with Gasteiger partial charge in [-0.15, -0.1) is 24.0 Å². The standard InChI is InChI=1S/C20H28N4O2.HI/c1-21-20(22-14-16-7-9-17(25-2)10-8-16)23-15-18(19-6-5-13-26-19)24-11-3-4-12-24;/h5-10,13,18H,3-4,11-12,14-15H2,1-2H3,(H2,21,22,23);1H. The minimum atomic E-state index is 0. The van der Waals surface area contributed by atoms with Gasteiger partial charge in [-0.25, -0.2) is 0 Å². The molecule has 1 aliphatic heterocycles. The molecule has 148 valence electrons. The van der Waals surface area contributed by atoms with Crippen LogP contribution in [0.2, 0.25) is 0 Å². The second-order valence-electron chi connectivity index (χ2n) is 6.43. The van der Waals surface area contributed by atoms with Crippen LogP contribution in [0.1, 0.15) is 30.2 Å². The highest BCUT2D eigenvalue weighted by Gasteiger charge is 2.25. The molecule has 27 heavy (non-hydrogen) atoms. The predicted octanol–water partition coefficient (Wildman–Crippen LogP) is 3.41. The Morgan fingerprint density at radius 2 is 1.93 bits per heavy atom. The summed E-state index contributed by atoms with van der Waals surface area (Å²) < 4.78 is 10.9. The number of methoxy groups -OCH3 is 1. The molecule has 0 spiro atoms. The van der Waals surface area contributed by atoms with E-state index in [-0.39, 0.29) is 30.0 Å². The van der Waals surface area contributed by atoms with Crippen LogP contribution in [0.5, 0.6) is 5.75 Å². The van der Waals surface area contributed by atoms with Crippen molar-refractivity contribution in [3.05, 3.63) is 54.0 Å². The van der Waals surface area contributed by atoms with E-state index in [9.17, 15) is 0 Å². The van der Waals surface area contributed by atoms with E-state index in [1.165, 1.54) is 18.4 Å². The Morgan fingerprint density at radius 1 is 1.19 bits per heavy atom. The van der Waals surface area contributed by atoms with Gasteiger partial charge in [0.2, 0.25) is 0 Å². The average molecular weight is 484 g/mol. The highest BCUT2D eigenvalue weighted by Crippen LogP contribution is 2.24. The second kappa shape index (κ2) is 11.2. The quantitative estimate of drug-likeness (QED) is 0.359. The molecular weight excluding hydrogens is 455 g/mol. The summed E-state index contributed by atoms with van der Waals surface area (Å²) in [6.07, 6.45) is 4.25. The first kappa shape index (κ1) is 21.6. The van der Waals surface area contributed by atoms with E-state index in [1.807, 2.05) is 18.2 Å². The van der Waals surface area contributed by atoms with Gasteiger partial charge in [0, 0.05) is 20.1 Å². The van der Waals surface area contributed by atoms with Crippen molar-refractivity contribution in [2.45, 2.75) is 25.4 Å². The molecule has 0 amide bonds. The molecular formula is C20H29IN4O2. The van der Waals surface area contributed by atoms with Crippen LogP contribution >= 0.6 is 24.0 Å². The maximum absolute atomic E-state index is 5.67. The zero-order valence-corrected chi connectivity index (χ0v) is 18.3. The number of rotatable bonds is 7. The number of furan rings is 1. The highest BCUT2D eigenvalue weighted by molar-refractivity contribution is 14.0. The van der Waals surface area contributed by atoms with Gasteiger partial charge >= 0.3 is 0 Å². The summed E-state index contributed by atoms with van der Waals surface area (Å²) in [4.78, 5) is 6.81. The molecule has 7 heteroatoms. The summed E-state index contributed by atoms with van der Waals surface area (Å²) >= 11 is 0. The molecule has 2 aromatic rings. The molecule has 1 fully saturated rings. The van der Waals surface area contributed by atoms with Gasteiger partial charge < -0.3 is 19.8 Å². The van der Waals surface area contributed by atoms with Gasteiger partial charge in [-0.05, 0) is 55.8 Å². The Balaban J connectivity index is 0.00000261. The van der Waals surface area contributed by atoms with E-state index in [1.54, 1.807) is 20.4 Å². The van der Waals surface area contributed by atoms with Crippen molar-refractivity contribution in [3.63, 3.8) is 0 Å². The molecule has 1 atom stereocenters. The number of ether oxygens (including phenoxy) is 1. The molecule has 1 unspecified atom stereocenters. The second-order valence-corrected chi connectivity index (χ2v) is 6.43. The Hall–Kier alpha value is -1.74. The summed E-state index contributed by atoms with van der Waals surface area (Å²) in [5.41, 5.74) is 1.18. The van der Waals surface area contributed by atoms with Gasteiger partial charge in [0.05, 0.1) is 19.4 Å². The van der Waals surface area contributed by atoms with E-state index < -0.39 is 0 Å². The number of nitrogens with one attached hydrogen (secondary N) is 2. The van der Waals surface area contributed by atoms with Crippen LogP contribution in [0.4, 0.5) is 0 Å². The molecule has 0 bridgehead atoms. The fourth-order valence-corrected chi connectivity index (χ4v) is 3.29. The maximum Gasteiger partial charge on any atom is 0.191 e. The number of aliphatic imine (C=N–C) groups is 1. The largest absolute Gasteiger partial charge is 0.497 e. The van der Waals surface area contributed by atoms with E-state index in [0.29, 0.717) is 6.54 Å². The molecule has 1 aromatic heterocycles. The van der Waals surface area contributed by atoms with Crippen molar-refractivity contribution < 1.29 is 9.15 Å². The molecule has 0 aliphatic carbocycles. The number of guanidine groups is 1. The third-order valence-electron chi connectivity index (χ3n) is 4.76. The maximum atomic E-state index is 5.67. The molecule has 1 saturated heterocycles. The number of halogens is 1. The number of nitrogens with zero attached hydrogens (tertiary/aromatic N) is 2. The molecule has 2 N–H and O–H groups in total. The van der Waals surface area contributed by atoms with Gasteiger partial charge in [-0.3, -0.25) is 9.89 Å². The first-order valence-corrected chi connectivity index (χ1v) is 9.15. The molecule has 0 saturated carbocycles. The van der Waals surface area contributed by atoms with Crippen molar-refractivity contribution in [2.75, 3.05) is 33.8 Å². The summed E-state index contributed by atoms with van der Waals surface area (Å²) in [5, 5.41) is 6.80. The van der Waals surface area contributed by atoms with Crippen molar-refractivity contribution in [1.82, 2.24) is 15.5 Å². The smallest absolute Gasteiger partial charge is 0.191 e. The molecule has 6 nitrogen and oxygen atoms in total. The Bertz CT molecular complexity index is 683. The van der Waals surface area contributed by atoms with Crippen LogP contribution in [0.3, 0.4) is 0 Å². The number of benzene rings is 1. The fraction of sp³-hybridized carbons (Fsp3) is 0.450. The normalized spacial score (nSPS) is 15.9. The van der Waals surface area contributed by atoms with Crippen LogP contribution < -0.4 is 15.4 Å². The molecule has 1 aliphatic rings. The SMILES string of the molecule is CN=C(NCc1ccc(OC)cc1)NCC(c1ccco1)N1CCCC1.I. The lowest BCUT2D eigenvalue weighted by molar-refractivity contribution is 0.215. The zero-order valence-electron chi connectivity index (χ0n) is 16.0. The third kappa shape index (κ3) is 6.14. The third-order valence-corrected chi connectivity index (χ3v) is 4.76. The minimum absolute atomic E-state index is 0. The topological polar surface area (TPSA) is 62.0 Å². The minimum Gasteiger partial charge on any atom is -0.497 e. The van der Waals surface area contributed by atoms with Crippen LogP contribution in [0.15, 0.2) is 52.1 Å². The van der Waals surface area contributed by atoms with E-state index in [2.05, 4.69) is 38.7 Å². The zero-order chi connectivity index (χ0) is 18.2. The summed E-state index contributed by atoms with van der Waals surface area (Å²) in [7, 11) is 3.47. The predicted molar refractivity (Wildman–Crippen MR) is 119 cm³/mol. The van der Waals surface area contributed by atoms with E-state index in [0.717, 1.165) is 37.1 Å². The van der Waals surface area contributed by atoms with Crippen molar-refractivity contribution in [1.29, 1.82) is 0 Å². The summed E-state index contributed by atoms with van der Waals surface area (Å²) in [5.74, 6) is 2.66. The number of hydrogen-bond acceptors (Lipinski definition) is 4. The van der Waals surface area contributed by atoms with Gasteiger partial charge in [-0.2, -0.15) is 0 Å². The van der Waals surface area contributed by atoms with Crippen LogP contribution in [0, 0.1) is 0 Å². The number of likely N-dealkylation sites (tertiary alicyclic amines) is 1. The monoisotopic (exact) mass is 484 g/mol. The highest BCUT2D eigenvalue weighted by atomic mass is 127. The fourth-order valence-electron chi connectivity index (χ4n) is 3.29. The lowest BCUT2D eigenvalue weighted by Gasteiger charge is -2.26. The van der Waals surface area contributed by atoms with E-state index >= 15 is 0 Å². The Morgan fingerprint density at radius 3 is 2.52 bits per heavy atom. The van der Waals surface area contributed by atoms with Crippen molar-refractivity contribution in [3.8, 4) is 5.75 Å². The van der Waals surface area contributed by atoms with Crippen LogP contribution in [0.25, 0.3) is 0 Å². The molecule has 3 rings (SSSR count). The molecule has 1 aromatic carbocycles. The van der Waals surface area contributed by atoms with Crippen molar-refractivity contribution >= 4 is 29.9 Å². The first-order chi connectivity index (χ1) is 12.8. The van der Waals surface area contributed by atoms with Crippen LogP contribution in [-0.4, -0.2) is 44.7 Å². The lowest BCUT2D eigenvalue weighted by Crippen LogP contribution is -2.42. The lowest BCUT2D eigenvalue weighted by atomic mass is 10.2. The molecule has 2 heterocycles. The Labute approximate surface area is 178 Å². The van der Waals surface area contributed by atoms with E-state index in [4.69, 9.17) is 9.15 Å². The average Bonchev–Trinajstić information content (AvgIpc) is 3.39. The summed E-state index contributed by atoms with van der Waals surface area (Å²) in [6.45, 7) is 3.70. The first-order valence-electron chi connectivity index (χ1n) is 9.15. The van der Waals surface area contributed by atoms with Gasteiger partial charge in [-0.1, -0.05) is 12.1 Å². The van der Waals surface area contributed by atoms with Gasteiger partial charge in [0.1, 0.15) is 11.5 Å².